The van der Waals surface area contributed by atoms with Crippen molar-refractivity contribution in [1.82, 2.24) is 34.4 Å². The summed E-state index contributed by atoms with van der Waals surface area (Å²) in [7, 11) is 8.01. The summed E-state index contributed by atoms with van der Waals surface area (Å²) < 4.78 is 5.13. The number of hydrogen-bond donors (Lipinski definition) is 1. The van der Waals surface area contributed by atoms with Gasteiger partial charge in [-0.3, -0.25) is 18.7 Å². The maximum Gasteiger partial charge on any atom is 0.271 e. The summed E-state index contributed by atoms with van der Waals surface area (Å²) in [5.74, 6) is 1.02. The van der Waals surface area contributed by atoms with Gasteiger partial charge in [-0.15, -0.1) is 22.7 Å². The number of anilines is 3. The average Bonchev–Trinajstić information content (AvgIpc) is 4.06. The first-order valence-corrected chi connectivity index (χ1v) is 22.8. The zero-order chi connectivity index (χ0) is 39.6. The normalized spacial score (nSPS) is 17.9. The van der Waals surface area contributed by atoms with E-state index in [-0.39, 0.29) is 17.2 Å². The molecule has 2 aliphatic heterocycles. The van der Waals surface area contributed by atoms with Crippen LogP contribution in [0.5, 0.6) is 0 Å². The molecule has 0 aromatic carbocycles. The highest BCUT2D eigenvalue weighted by Crippen LogP contribution is 2.40. The third kappa shape index (κ3) is 8.24. The Morgan fingerprint density at radius 3 is 1.58 bits per heavy atom. The van der Waals surface area contributed by atoms with Crippen LogP contribution in [0.4, 0.5) is 17.2 Å². The van der Waals surface area contributed by atoms with Gasteiger partial charge >= 0.3 is 0 Å². The minimum atomic E-state index is 0.0516. The van der Waals surface area contributed by atoms with Gasteiger partial charge in [0.25, 0.3) is 11.1 Å². The molecule has 0 spiro atoms. The smallest absolute Gasteiger partial charge is 0.271 e. The van der Waals surface area contributed by atoms with Crippen molar-refractivity contribution in [2.75, 3.05) is 69.1 Å². The number of fused-ring (bicyclic) bond motifs is 6. The van der Waals surface area contributed by atoms with E-state index in [9.17, 15) is 9.59 Å². The second kappa shape index (κ2) is 17.6. The summed E-state index contributed by atoms with van der Waals surface area (Å²) in [6.45, 7) is 4.62. The summed E-state index contributed by atoms with van der Waals surface area (Å²) in [5, 5.41) is 5.59. The lowest BCUT2D eigenvalue weighted by Crippen LogP contribution is -2.26. The summed E-state index contributed by atoms with van der Waals surface area (Å²) in [6, 6.07) is 4.56. The van der Waals surface area contributed by atoms with Crippen LogP contribution in [0.1, 0.15) is 102 Å². The van der Waals surface area contributed by atoms with E-state index in [1.165, 1.54) is 100.0 Å². The second-order valence-electron chi connectivity index (χ2n) is 16.3. The first-order chi connectivity index (χ1) is 27.7. The van der Waals surface area contributed by atoms with E-state index in [4.69, 9.17) is 21.6 Å². The first-order valence-electron chi connectivity index (χ1n) is 20.8. The average molecular weight is 832 g/mol. The van der Waals surface area contributed by atoms with Crippen molar-refractivity contribution in [3.8, 4) is 0 Å². The van der Waals surface area contributed by atoms with Gasteiger partial charge < -0.3 is 20.0 Å². The van der Waals surface area contributed by atoms with Crippen molar-refractivity contribution < 1.29 is 0 Å². The van der Waals surface area contributed by atoms with Gasteiger partial charge in [0.05, 0.1) is 45.8 Å². The lowest BCUT2D eigenvalue weighted by Gasteiger charge is -2.23. The fourth-order valence-corrected chi connectivity index (χ4v) is 11.3. The number of nitrogens with one attached hydrogen (secondary N) is 1. The quantitative estimate of drug-likeness (QED) is 0.169. The van der Waals surface area contributed by atoms with Crippen molar-refractivity contribution in [2.45, 2.75) is 102 Å². The van der Waals surface area contributed by atoms with Crippen LogP contribution in [0.2, 0.25) is 5.15 Å². The topological polar surface area (TPSA) is 117 Å². The number of rotatable bonds is 5. The fourth-order valence-electron chi connectivity index (χ4n) is 8.88. The molecular formula is C42H55ClN10O2S2. The van der Waals surface area contributed by atoms with Crippen molar-refractivity contribution in [2.24, 2.45) is 0 Å². The van der Waals surface area contributed by atoms with Crippen LogP contribution in [-0.4, -0.2) is 83.4 Å². The van der Waals surface area contributed by atoms with Crippen molar-refractivity contribution in [1.29, 1.82) is 0 Å². The highest BCUT2D eigenvalue weighted by Gasteiger charge is 2.25. The zero-order valence-corrected chi connectivity index (χ0v) is 36.1. The highest BCUT2D eigenvalue weighted by atomic mass is 35.5. The maximum atomic E-state index is 13.3. The Morgan fingerprint density at radius 2 is 1.12 bits per heavy atom. The van der Waals surface area contributed by atoms with Gasteiger partial charge in [0.15, 0.2) is 0 Å². The van der Waals surface area contributed by atoms with Gasteiger partial charge in [0.2, 0.25) is 0 Å². The largest absolute Gasteiger partial charge is 0.377 e. The number of hydrogen-bond acceptors (Lipinski definition) is 12. The van der Waals surface area contributed by atoms with Gasteiger partial charge in [-0.05, 0) is 70.5 Å². The number of halogens is 1. The number of aromatic nitrogens is 6. The van der Waals surface area contributed by atoms with Crippen molar-refractivity contribution in [3.05, 3.63) is 50.6 Å². The second-order valence-corrected chi connectivity index (χ2v) is 18.7. The molecule has 57 heavy (non-hydrogen) atoms. The standard InChI is InChI=1S/C21H27N5OS.C17H19ClN4OS.C4H9N/c1-24(2)15-12-16(25-10-6-7-11-25)23-20-17(15)18-19(28-20)21(27)26(13-22-18)14-8-4-3-5-9-14;1-21(2)11-8-12(18)20-16-13(11)14-15(24-16)17(23)22(9-19-14)10-6-4-3-5-7-10;1-2-4-5-3-1/h12-14H,3-11H2,1-2H3;8-10H,3-7H2,1-2H3;5H,1-4H2. The minimum absolute atomic E-state index is 0.0516. The number of pyridine rings is 2. The van der Waals surface area contributed by atoms with E-state index in [1.807, 2.05) is 34.2 Å². The summed E-state index contributed by atoms with van der Waals surface area (Å²) in [6.07, 6.45) is 20.3. The molecule has 2 saturated carbocycles. The Balaban J connectivity index is 0.000000143. The van der Waals surface area contributed by atoms with Crippen LogP contribution >= 0.6 is 34.3 Å². The molecule has 2 saturated heterocycles. The number of nitrogens with zero attached hydrogens (tertiary/aromatic N) is 9. The molecule has 1 N–H and O–H groups in total. The Labute approximate surface area is 346 Å². The molecule has 12 nitrogen and oxygen atoms in total. The molecule has 8 heterocycles. The van der Waals surface area contributed by atoms with Crippen LogP contribution in [0, 0.1) is 0 Å². The molecule has 0 bridgehead atoms. The molecular weight excluding hydrogens is 776 g/mol. The van der Waals surface area contributed by atoms with Crippen LogP contribution in [0.3, 0.4) is 0 Å². The van der Waals surface area contributed by atoms with E-state index in [0.29, 0.717) is 15.9 Å². The van der Waals surface area contributed by atoms with Crippen LogP contribution < -0.4 is 31.1 Å². The Hall–Kier alpha value is -3.85. The molecule has 0 atom stereocenters. The molecule has 6 aromatic heterocycles. The SMILES string of the molecule is C1CCNC1.CN(C)c1cc(Cl)nc2sc3c(=O)n(C4CCCCC4)cnc3c12.CN(C)c1cc(N2CCCC2)nc2sc3c(=O)n(C4CCCCC4)cnc3c12. The van der Waals surface area contributed by atoms with Gasteiger partial charge in [0.1, 0.15) is 30.0 Å². The molecule has 304 valence electrons. The van der Waals surface area contributed by atoms with E-state index >= 15 is 0 Å². The minimum Gasteiger partial charge on any atom is -0.377 e. The van der Waals surface area contributed by atoms with Gasteiger partial charge in [-0.1, -0.05) is 50.1 Å². The van der Waals surface area contributed by atoms with Crippen molar-refractivity contribution in [3.63, 3.8) is 0 Å². The third-order valence-electron chi connectivity index (χ3n) is 12.0. The summed E-state index contributed by atoms with van der Waals surface area (Å²) in [4.78, 5) is 53.2. The lowest BCUT2D eigenvalue weighted by atomic mass is 9.95. The van der Waals surface area contributed by atoms with E-state index < -0.39 is 0 Å². The molecule has 0 amide bonds. The van der Waals surface area contributed by atoms with E-state index in [1.54, 1.807) is 12.7 Å². The van der Waals surface area contributed by atoms with Gasteiger partial charge in [0, 0.05) is 59.4 Å². The van der Waals surface area contributed by atoms with E-state index in [0.717, 1.165) is 92.1 Å². The molecule has 10 rings (SSSR count). The molecule has 4 fully saturated rings. The maximum absolute atomic E-state index is 13.3. The highest BCUT2D eigenvalue weighted by molar-refractivity contribution is 7.25. The van der Waals surface area contributed by atoms with Crippen LogP contribution in [-0.2, 0) is 0 Å². The van der Waals surface area contributed by atoms with Crippen LogP contribution in [0.25, 0.3) is 40.9 Å². The Morgan fingerprint density at radius 1 is 0.649 bits per heavy atom. The Bertz CT molecular complexity index is 2460. The Kier molecular flexibility index (Phi) is 12.3. The molecule has 6 aromatic rings. The van der Waals surface area contributed by atoms with Crippen LogP contribution in [0.15, 0.2) is 34.4 Å². The summed E-state index contributed by atoms with van der Waals surface area (Å²) in [5.41, 5.74) is 3.74. The van der Waals surface area contributed by atoms with Gasteiger partial charge in [-0.2, -0.15) is 0 Å². The third-order valence-corrected chi connectivity index (χ3v) is 14.3. The first kappa shape index (κ1) is 40.0. The molecule has 4 aliphatic rings. The molecule has 15 heteroatoms. The lowest BCUT2D eigenvalue weighted by molar-refractivity contribution is 0.345. The molecule has 0 radical (unpaired) electrons. The summed E-state index contributed by atoms with van der Waals surface area (Å²) >= 11 is 9.06. The zero-order valence-electron chi connectivity index (χ0n) is 33.7. The monoisotopic (exact) mass is 830 g/mol. The molecule has 0 unspecified atom stereocenters. The van der Waals surface area contributed by atoms with Gasteiger partial charge in [-0.25, -0.2) is 19.9 Å². The predicted molar refractivity (Wildman–Crippen MR) is 240 cm³/mol. The fraction of sp³-hybridized carbons (Fsp3) is 0.571. The number of thiophene rings is 2. The predicted octanol–water partition coefficient (Wildman–Crippen LogP) is 8.78. The van der Waals surface area contributed by atoms with Crippen molar-refractivity contribution >= 4 is 92.3 Å². The molecule has 2 aliphatic carbocycles. The van der Waals surface area contributed by atoms with E-state index in [2.05, 4.69) is 45.2 Å².